The van der Waals surface area contributed by atoms with E-state index in [2.05, 4.69) is 49.9 Å². The van der Waals surface area contributed by atoms with Crippen molar-refractivity contribution in [2.75, 3.05) is 0 Å². The summed E-state index contributed by atoms with van der Waals surface area (Å²) in [5.74, 6) is 3.80. The Labute approximate surface area is 179 Å². The van der Waals surface area contributed by atoms with Gasteiger partial charge in [-0.3, -0.25) is 0 Å². The molecule has 2 aromatic rings. The van der Waals surface area contributed by atoms with Crippen LogP contribution in [0.25, 0.3) is 11.1 Å². The number of carbonyl (C=O) groups excluding carboxylic acids is 1. The van der Waals surface area contributed by atoms with E-state index in [0.717, 1.165) is 42.3 Å². The van der Waals surface area contributed by atoms with Crippen LogP contribution in [-0.4, -0.2) is 5.97 Å². The van der Waals surface area contributed by atoms with Gasteiger partial charge in [0.15, 0.2) is 0 Å². The molecule has 5 aliphatic carbocycles. The van der Waals surface area contributed by atoms with E-state index in [1.165, 1.54) is 66.0 Å². The van der Waals surface area contributed by atoms with E-state index in [1.54, 1.807) is 0 Å². The highest BCUT2D eigenvalue weighted by atomic mass is 16.5. The Morgan fingerprint density at radius 2 is 1.73 bits per heavy atom. The Balaban J connectivity index is 1.55. The Morgan fingerprint density at radius 1 is 1.03 bits per heavy atom. The second-order valence-corrected chi connectivity index (χ2v) is 10.1. The molecule has 0 radical (unpaired) electrons. The van der Waals surface area contributed by atoms with Crippen molar-refractivity contribution in [3.05, 3.63) is 65.7 Å². The molecular formula is C28H30O2. The van der Waals surface area contributed by atoms with Gasteiger partial charge in [0.1, 0.15) is 5.75 Å². The molecule has 0 heterocycles. The van der Waals surface area contributed by atoms with Crippen molar-refractivity contribution in [2.24, 2.45) is 23.7 Å². The normalized spacial score (nSPS) is 32.6. The maximum absolute atomic E-state index is 12.4. The quantitative estimate of drug-likeness (QED) is 0.287. The number of carbonyl (C=O) groups is 1. The van der Waals surface area contributed by atoms with Gasteiger partial charge in [-0.1, -0.05) is 49.9 Å². The summed E-state index contributed by atoms with van der Waals surface area (Å²) in [7, 11) is 0. The van der Waals surface area contributed by atoms with Gasteiger partial charge in [0, 0.05) is 29.0 Å². The molecule has 154 valence electrons. The molecule has 2 aromatic carbocycles. The number of hydrogen-bond donors (Lipinski definition) is 0. The number of benzene rings is 2. The van der Waals surface area contributed by atoms with Gasteiger partial charge in [-0.2, -0.15) is 0 Å². The fourth-order valence-electron chi connectivity index (χ4n) is 8.04. The minimum atomic E-state index is -0.337. The highest BCUT2D eigenvalue weighted by Gasteiger charge is 2.58. The molecule has 0 spiro atoms. The second-order valence-electron chi connectivity index (χ2n) is 10.1. The van der Waals surface area contributed by atoms with Crippen molar-refractivity contribution in [3.8, 4) is 16.9 Å². The topological polar surface area (TPSA) is 26.3 Å². The van der Waals surface area contributed by atoms with Crippen molar-refractivity contribution in [1.29, 1.82) is 0 Å². The lowest BCUT2D eigenvalue weighted by molar-refractivity contribution is -0.129. The summed E-state index contributed by atoms with van der Waals surface area (Å²) in [6, 6.07) is 13.2. The minimum Gasteiger partial charge on any atom is -0.423 e. The molecule has 4 fully saturated rings. The summed E-state index contributed by atoms with van der Waals surface area (Å²) in [6.07, 6.45) is 10.1. The Morgan fingerprint density at radius 3 is 2.40 bits per heavy atom. The summed E-state index contributed by atoms with van der Waals surface area (Å²) in [4.78, 5) is 12.4. The third-order valence-electron chi connectivity index (χ3n) is 8.99. The third-order valence-corrected chi connectivity index (χ3v) is 8.99. The Hall–Kier alpha value is -2.35. The van der Waals surface area contributed by atoms with E-state index in [0.29, 0.717) is 0 Å². The van der Waals surface area contributed by atoms with Gasteiger partial charge < -0.3 is 4.74 Å². The van der Waals surface area contributed by atoms with E-state index in [4.69, 9.17) is 4.74 Å². The fourth-order valence-corrected chi connectivity index (χ4v) is 8.04. The average Bonchev–Trinajstić information content (AvgIpc) is 3.14. The first kappa shape index (κ1) is 18.4. The van der Waals surface area contributed by atoms with Crippen molar-refractivity contribution < 1.29 is 9.53 Å². The molecule has 0 amide bonds. The molecule has 5 aliphatic rings. The van der Waals surface area contributed by atoms with Gasteiger partial charge in [0.25, 0.3) is 0 Å². The van der Waals surface area contributed by atoms with Gasteiger partial charge in [-0.25, -0.2) is 4.79 Å². The number of fused-ring (bicyclic) bond motifs is 3. The van der Waals surface area contributed by atoms with Crippen LogP contribution in [0.5, 0.6) is 5.75 Å². The van der Waals surface area contributed by atoms with Gasteiger partial charge >= 0.3 is 5.97 Å². The van der Waals surface area contributed by atoms with Crippen LogP contribution in [0.2, 0.25) is 0 Å². The van der Waals surface area contributed by atoms with Crippen LogP contribution in [0.3, 0.4) is 0 Å². The molecule has 7 rings (SSSR count). The maximum atomic E-state index is 12.4. The largest absolute Gasteiger partial charge is 0.423 e. The first-order valence-corrected chi connectivity index (χ1v) is 11.7. The molecule has 0 unspecified atom stereocenters. The SMILES string of the molecule is C=CC(=O)Oc1c(C2(CC)C3CC4CC(C3)CC2C4)ccc2c1Cc1ccccc1-2. The monoisotopic (exact) mass is 398 g/mol. The van der Waals surface area contributed by atoms with Crippen molar-refractivity contribution in [2.45, 2.75) is 57.3 Å². The molecule has 0 aliphatic heterocycles. The molecule has 4 bridgehead atoms. The van der Waals surface area contributed by atoms with Gasteiger partial charge in [-0.05, 0) is 78.9 Å². The van der Waals surface area contributed by atoms with Crippen LogP contribution in [0, 0.1) is 23.7 Å². The van der Waals surface area contributed by atoms with Crippen molar-refractivity contribution >= 4 is 5.97 Å². The summed E-state index contributed by atoms with van der Waals surface area (Å²) in [5, 5.41) is 0. The molecule has 2 heteroatoms. The number of ether oxygens (including phenoxy) is 1. The van der Waals surface area contributed by atoms with Crippen molar-refractivity contribution in [1.82, 2.24) is 0 Å². The lowest BCUT2D eigenvalue weighted by atomic mass is 9.43. The lowest BCUT2D eigenvalue weighted by Crippen LogP contribution is -2.55. The highest BCUT2D eigenvalue weighted by molar-refractivity contribution is 5.86. The molecule has 0 aromatic heterocycles. The molecule has 0 saturated heterocycles. The van der Waals surface area contributed by atoms with Gasteiger partial charge in [0.2, 0.25) is 0 Å². The zero-order chi connectivity index (χ0) is 20.5. The third kappa shape index (κ3) is 2.40. The summed E-state index contributed by atoms with van der Waals surface area (Å²) < 4.78 is 6.10. The Bertz CT molecular complexity index is 1020. The zero-order valence-corrected chi connectivity index (χ0v) is 17.8. The fraction of sp³-hybridized carbons (Fsp3) is 0.464. The zero-order valence-electron chi connectivity index (χ0n) is 17.8. The van der Waals surface area contributed by atoms with Crippen LogP contribution in [0.1, 0.15) is 62.1 Å². The molecule has 0 atom stereocenters. The number of hydrogen-bond acceptors (Lipinski definition) is 2. The lowest BCUT2D eigenvalue weighted by Gasteiger charge is -2.62. The number of rotatable bonds is 4. The van der Waals surface area contributed by atoms with E-state index >= 15 is 0 Å². The predicted molar refractivity (Wildman–Crippen MR) is 120 cm³/mol. The average molecular weight is 399 g/mol. The standard InChI is InChI=1S/C28H30O2/c1-3-26(29)30-27-24-16-19-7-5-6-8-22(19)23(24)9-10-25(27)28(4-2)20-12-17-11-18(14-20)15-21(28)13-17/h3,5-10,17-18,20-21H,1,4,11-16H2,2H3. The van der Waals surface area contributed by atoms with E-state index in [9.17, 15) is 4.79 Å². The van der Waals surface area contributed by atoms with Crippen LogP contribution in [-0.2, 0) is 16.6 Å². The van der Waals surface area contributed by atoms with Crippen LogP contribution in [0.15, 0.2) is 49.1 Å². The molecule has 2 nitrogen and oxygen atoms in total. The van der Waals surface area contributed by atoms with Gasteiger partial charge in [-0.15, -0.1) is 0 Å². The van der Waals surface area contributed by atoms with E-state index < -0.39 is 0 Å². The highest BCUT2D eigenvalue weighted by Crippen LogP contribution is 2.65. The van der Waals surface area contributed by atoms with E-state index in [1.807, 2.05) is 0 Å². The Kier molecular flexibility index (Phi) is 4.04. The second kappa shape index (κ2) is 6.57. The number of esters is 1. The molecule has 4 saturated carbocycles. The molecule has 30 heavy (non-hydrogen) atoms. The molecule has 0 N–H and O–H groups in total. The van der Waals surface area contributed by atoms with Gasteiger partial charge in [0.05, 0.1) is 0 Å². The first-order chi connectivity index (χ1) is 14.6. The summed E-state index contributed by atoms with van der Waals surface area (Å²) >= 11 is 0. The first-order valence-electron chi connectivity index (χ1n) is 11.7. The van der Waals surface area contributed by atoms with Crippen LogP contribution >= 0.6 is 0 Å². The molecular weight excluding hydrogens is 368 g/mol. The predicted octanol–water partition coefficient (Wildman–Crippen LogP) is 6.45. The van der Waals surface area contributed by atoms with E-state index in [-0.39, 0.29) is 11.4 Å². The summed E-state index contributed by atoms with van der Waals surface area (Å²) in [6.45, 7) is 6.03. The van der Waals surface area contributed by atoms with Crippen LogP contribution < -0.4 is 4.74 Å². The summed E-state index contributed by atoms with van der Waals surface area (Å²) in [5.41, 5.74) is 6.50. The maximum Gasteiger partial charge on any atom is 0.335 e. The van der Waals surface area contributed by atoms with Crippen molar-refractivity contribution in [3.63, 3.8) is 0 Å². The smallest absolute Gasteiger partial charge is 0.335 e. The van der Waals surface area contributed by atoms with Crippen LogP contribution in [0.4, 0.5) is 0 Å². The minimum absolute atomic E-state index is 0.147.